The average Bonchev–Trinajstić information content (AvgIpc) is 2.40. The molecule has 0 radical (unpaired) electrons. The van der Waals surface area contributed by atoms with E-state index in [-0.39, 0.29) is 0 Å². The lowest BCUT2D eigenvalue weighted by atomic mass is 9.94. The summed E-state index contributed by atoms with van der Waals surface area (Å²) in [5, 5.41) is 3.59. The maximum Gasteiger partial charge on any atom is 0.0322 e. The maximum absolute atomic E-state index is 3.59. The topological polar surface area (TPSA) is 15.3 Å². The molecule has 1 saturated heterocycles. The molecule has 2 rings (SSSR count). The highest BCUT2D eigenvalue weighted by molar-refractivity contribution is 5.18. The molecular formula is C16H26N2. The second kappa shape index (κ2) is 6.35. The third-order valence-electron chi connectivity index (χ3n) is 4.20. The van der Waals surface area contributed by atoms with Crippen molar-refractivity contribution in [1.29, 1.82) is 0 Å². The van der Waals surface area contributed by atoms with Crippen LogP contribution in [0.4, 0.5) is 0 Å². The number of hydrogen-bond donors (Lipinski definition) is 1. The molecule has 0 aromatic heterocycles. The zero-order chi connectivity index (χ0) is 13.0. The fourth-order valence-corrected chi connectivity index (χ4v) is 3.16. The highest BCUT2D eigenvalue weighted by Gasteiger charge is 2.28. The Morgan fingerprint density at radius 3 is 2.67 bits per heavy atom. The minimum absolute atomic E-state index is 0.531. The molecule has 0 spiro atoms. The summed E-state index contributed by atoms with van der Waals surface area (Å²) in [5.74, 6) is 0. The van der Waals surface area contributed by atoms with E-state index < -0.39 is 0 Å². The normalized spacial score (nSPS) is 27.1. The van der Waals surface area contributed by atoms with Gasteiger partial charge in [-0.15, -0.1) is 0 Å². The van der Waals surface area contributed by atoms with E-state index in [0.717, 1.165) is 6.54 Å². The van der Waals surface area contributed by atoms with Crippen LogP contribution in [0.1, 0.15) is 45.2 Å². The molecule has 0 amide bonds. The highest BCUT2D eigenvalue weighted by atomic mass is 15.2. The van der Waals surface area contributed by atoms with E-state index in [1.165, 1.54) is 24.9 Å². The largest absolute Gasteiger partial charge is 0.314 e. The lowest BCUT2D eigenvalue weighted by Crippen LogP contribution is -2.48. The molecule has 1 fully saturated rings. The van der Waals surface area contributed by atoms with Gasteiger partial charge in [0.25, 0.3) is 0 Å². The van der Waals surface area contributed by atoms with Gasteiger partial charge in [-0.2, -0.15) is 0 Å². The van der Waals surface area contributed by atoms with Gasteiger partial charge in [0.2, 0.25) is 0 Å². The monoisotopic (exact) mass is 246 g/mol. The Balaban J connectivity index is 1.98. The molecule has 1 aliphatic heterocycles. The third kappa shape index (κ3) is 3.12. The van der Waals surface area contributed by atoms with Gasteiger partial charge in [-0.25, -0.2) is 0 Å². The number of benzene rings is 1. The number of nitrogens with one attached hydrogen (secondary N) is 1. The van der Waals surface area contributed by atoms with Crippen LogP contribution in [0.5, 0.6) is 0 Å². The first kappa shape index (κ1) is 13.6. The standard InChI is InChI=1S/C16H26N2/c1-4-17-16-10-11-18(13(2)12-16)14(3)15-8-6-5-7-9-15/h5-9,13-14,16-17H,4,10-12H2,1-3H3. The summed E-state index contributed by atoms with van der Waals surface area (Å²) in [7, 11) is 0. The SMILES string of the molecule is CCNC1CCN(C(C)c2ccccc2)C(C)C1. The van der Waals surface area contributed by atoms with Crippen LogP contribution in [0.2, 0.25) is 0 Å². The van der Waals surface area contributed by atoms with E-state index in [2.05, 4.69) is 61.3 Å². The number of piperidine rings is 1. The molecule has 0 aliphatic carbocycles. The van der Waals surface area contributed by atoms with Crippen molar-refractivity contribution in [2.75, 3.05) is 13.1 Å². The van der Waals surface area contributed by atoms with Crippen molar-refractivity contribution in [1.82, 2.24) is 10.2 Å². The molecule has 18 heavy (non-hydrogen) atoms. The van der Waals surface area contributed by atoms with Gasteiger partial charge < -0.3 is 5.32 Å². The lowest BCUT2D eigenvalue weighted by molar-refractivity contribution is 0.0960. The molecule has 0 saturated carbocycles. The fraction of sp³-hybridized carbons (Fsp3) is 0.625. The van der Waals surface area contributed by atoms with E-state index in [9.17, 15) is 0 Å². The first-order chi connectivity index (χ1) is 8.72. The Labute approximate surface area is 111 Å². The number of likely N-dealkylation sites (tertiary alicyclic amines) is 1. The molecule has 3 unspecified atom stereocenters. The van der Waals surface area contributed by atoms with Crippen LogP contribution in [0.15, 0.2) is 30.3 Å². The third-order valence-corrected chi connectivity index (χ3v) is 4.20. The maximum atomic E-state index is 3.59. The van der Waals surface area contributed by atoms with E-state index in [1.807, 2.05) is 0 Å². The minimum Gasteiger partial charge on any atom is -0.314 e. The first-order valence-electron chi connectivity index (χ1n) is 7.26. The average molecular weight is 246 g/mol. The van der Waals surface area contributed by atoms with Crippen LogP contribution >= 0.6 is 0 Å². The molecule has 100 valence electrons. The Morgan fingerprint density at radius 2 is 2.06 bits per heavy atom. The smallest absolute Gasteiger partial charge is 0.0322 e. The number of hydrogen-bond acceptors (Lipinski definition) is 2. The van der Waals surface area contributed by atoms with Gasteiger partial charge in [0.1, 0.15) is 0 Å². The van der Waals surface area contributed by atoms with Gasteiger partial charge in [-0.05, 0) is 38.8 Å². The van der Waals surface area contributed by atoms with Gasteiger partial charge in [-0.1, -0.05) is 37.3 Å². The van der Waals surface area contributed by atoms with Crippen LogP contribution in [0.25, 0.3) is 0 Å². The summed E-state index contributed by atoms with van der Waals surface area (Å²) in [6.07, 6.45) is 2.54. The summed E-state index contributed by atoms with van der Waals surface area (Å²) in [4.78, 5) is 2.64. The zero-order valence-corrected chi connectivity index (χ0v) is 11.9. The van der Waals surface area contributed by atoms with E-state index >= 15 is 0 Å². The molecule has 2 heteroatoms. The molecule has 0 bridgehead atoms. The summed E-state index contributed by atoms with van der Waals surface area (Å²) < 4.78 is 0. The summed E-state index contributed by atoms with van der Waals surface area (Å²) in [6, 6.07) is 12.8. The van der Waals surface area contributed by atoms with Crippen molar-refractivity contribution in [3.05, 3.63) is 35.9 Å². The molecular weight excluding hydrogens is 220 g/mol. The molecule has 1 aromatic carbocycles. The van der Waals surface area contributed by atoms with Gasteiger partial charge in [0.15, 0.2) is 0 Å². The van der Waals surface area contributed by atoms with Crippen LogP contribution in [-0.2, 0) is 0 Å². The predicted molar refractivity (Wildman–Crippen MR) is 77.7 cm³/mol. The van der Waals surface area contributed by atoms with Gasteiger partial charge >= 0.3 is 0 Å². The predicted octanol–water partition coefficient (Wildman–Crippen LogP) is 3.21. The van der Waals surface area contributed by atoms with Crippen molar-refractivity contribution in [3.8, 4) is 0 Å². The Kier molecular flexibility index (Phi) is 4.79. The minimum atomic E-state index is 0.531. The van der Waals surface area contributed by atoms with E-state index in [4.69, 9.17) is 0 Å². The summed E-state index contributed by atoms with van der Waals surface area (Å²) in [5.41, 5.74) is 1.44. The zero-order valence-electron chi connectivity index (χ0n) is 11.9. The second-order valence-corrected chi connectivity index (χ2v) is 5.45. The Hall–Kier alpha value is -0.860. The van der Waals surface area contributed by atoms with Crippen molar-refractivity contribution < 1.29 is 0 Å². The number of nitrogens with zero attached hydrogens (tertiary/aromatic N) is 1. The molecule has 3 atom stereocenters. The van der Waals surface area contributed by atoms with Crippen LogP contribution in [-0.4, -0.2) is 30.1 Å². The van der Waals surface area contributed by atoms with E-state index in [0.29, 0.717) is 18.1 Å². The lowest BCUT2D eigenvalue weighted by Gasteiger charge is -2.41. The van der Waals surface area contributed by atoms with Crippen LogP contribution < -0.4 is 5.32 Å². The Bertz CT molecular complexity index is 349. The van der Waals surface area contributed by atoms with Crippen molar-refractivity contribution >= 4 is 0 Å². The molecule has 1 aromatic rings. The quantitative estimate of drug-likeness (QED) is 0.877. The van der Waals surface area contributed by atoms with Crippen molar-refractivity contribution in [3.63, 3.8) is 0 Å². The van der Waals surface area contributed by atoms with Crippen LogP contribution in [0, 0.1) is 0 Å². The first-order valence-corrected chi connectivity index (χ1v) is 7.26. The molecule has 1 N–H and O–H groups in total. The number of rotatable bonds is 4. The highest BCUT2D eigenvalue weighted by Crippen LogP contribution is 2.28. The summed E-state index contributed by atoms with van der Waals surface area (Å²) in [6.45, 7) is 9.19. The summed E-state index contributed by atoms with van der Waals surface area (Å²) >= 11 is 0. The van der Waals surface area contributed by atoms with Gasteiger partial charge in [0, 0.05) is 24.7 Å². The fourth-order valence-electron chi connectivity index (χ4n) is 3.16. The van der Waals surface area contributed by atoms with Crippen molar-refractivity contribution in [2.24, 2.45) is 0 Å². The second-order valence-electron chi connectivity index (χ2n) is 5.45. The Morgan fingerprint density at radius 1 is 1.33 bits per heavy atom. The van der Waals surface area contributed by atoms with Crippen molar-refractivity contribution in [2.45, 2.75) is 51.7 Å². The van der Waals surface area contributed by atoms with E-state index in [1.54, 1.807) is 0 Å². The molecule has 2 nitrogen and oxygen atoms in total. The molecule has 1 heterocycles. The van der Waals surface area contributed by atoms with Gasteiger partial charge in [-0.3, -0.25) is 4.90 Å². The van der Waals surface area contributed by atoms with Crippen LogP contribution in [0.3, 0.4) is 0 Å². The van der Waals surface area contributed by atoms with Gasteiger partial charge in [0.05, 0.1) is 0 Å². The molecule has 1 aliphatic rings.